The lowest BCUT2D eigenvalue weighted by Gasteiger charge is -2.45. The van der Waals surface area contributed by atoms with Gasteiger partial charge in [-0.05, 0) is 24.8 Å². The Kier molecular flexibility index (Phi) is 5.63. The van der Waals surface area contributed by atoms with Crippen LogP contribution in [0.5, 0.6) is 0 Å². The van der Waals surface area contributed by atoms with Gasteiger partial charge >= 0.3 is 17.9 Å². The molecule has 3 aliphatic rings. The summed E-state index contributed by atoms with van der Waals surface area (Å²) in [5.41, 5.74) is 0.611. The Morgan fingerprint density at radius 3 is 2.79 bits per heavy atom. The molecular weight excluding hydrogens is 364 g/mol. The molecule has 1 aliphatic carbocycles. The van der Waals surface area contributed by atoms with Crippen molar-refractivity contribution < 1.29 is 33.3 Å². The first-order valence-electron chi connectivity index (χ1n) is 9.45. The molecule has 28 heavy (non-hydrogen) atoms. The van der Waals surface area contributed by atoms with E-state index < -0.39 is 11.4 Å². The normalized spacial score (nSPS) is 31.1. The Hall–Kier alpha value is -2.57. The number of ether oxygens (including phenoxy) is 4. The van der Waals surface area contributed by atoms with Gasteiger partial charge in [-0.3, -0.25) is 9.59 Å². The topological polar surface area (TPSA) is 88.1 Å². The van der Waals surface area contributed by atoms with Crippen LogP contribution in [-0.4, -0.2) is 37.2 Å². The van der Waals surface area contributed by atoms with Crippen molar-refractivity contribution in [3.63, 3.8) is 0 Å². The van der Waals surface area contributed by atoms with Gasteiger partial charge in [0.15, 0.2) is 0 Å². The molecule has 0 amide bonds. The molecule has 0 N–H and O–H groups in total. The van der Waals surface area contributed by atoms with Gasteiger partial charge in [0.2, 0.25) is 0 Å². The van der Waals surface area contributed by atoms with Crippen molar-refractivity contribution in [2.45, 2.75) is 39.7 Å². The second-order valence-corrected chi connectivity index (χ2v) is 7.98. The fourth-order valence-corrected chi connectivity index (χ4v) is 4.14. The summed E-state index contributed by atoms with van der Waals surface area (Å²) in [5, 5.41) is 0. The van der Waals surface area contributed by atoms with Crippen LogP contribution in [0.25, 0.3) is 0 Å². The summed E-state index contributed by atoms with van der Waals surface area (Å²) >= 11 is 0. The Bertz CT molecular complexity index is 748. The first-order valence-corrected chi connectivity index (χ1v) is 9.45. The number of hydrogen-bond acceptors (Lipinski definition) is 7. The number of esters is 3. The predicted molar refractivity (Wildman–Crippen MR) is 98.4 cm³/mol. The third kappa shape index (κ3) is 3.84. The molecule has 2 aliphatic heterocycles. The maximum atomic E-state index is 12.0. The molecule has 0 bridgehead atoms. The molecule has 0 unspecified atom stereocenters. The van der Waals surface area contributed by atoms with Crippen LogP contribution in [0.1, 0.15) is 33.6 Å². The predicted octanol–water partition coefficient (Wildman–Crippen LogP) is 2.67. The van der Waals surface area contributed by atoms with E-state index in [1.54, 1.807) is 26.4 Å². The van der Waals surface area contributed by atoms with Gasteiger partial charge in [-0.2, -0.15) is 0 Å². The summed E-state index contributed by atoms with van der Waals surface area (Å²) in [6, 6.07) is 0. The zero-order chi connectivity index (χ0) is 20.5. The van der Waals surface area contributed by atoms with Gasteiger partial charge in [0.1, 0.15) is 19.3 Å². The van der Waals surface area contributed by atoms with Crippen molar-refractivity contribution in [3.8, 4) is 0 Å². The van der Waals surface area contributed by atoms with E-state index in [1.165, 1.54) is 6.92 Å². The lowest BCUT2D eigenvalue weighted by Crippen LogP contribution is -2.46. The van der Waals surface area contributed by atoms with Crippen molar-refractivity contribution in [2.75, 3.05) is 13.2 Å². The standard InChI is InChI=1S/C21H26O7/c1-12(2)19(23)26-10-15-9-25-6-5-21(11-27-14(4)22)8-18-16(7-17(15)21)13(3)20(24)28-18/h5-6,9,12,16-18H,3,7-8,10-11H2,1-2,4H3/t16-,17+,18+,21+/m1/s1. The van der Waals surface area contributed by atoms with E-state index in [2.05, 4.69) is 6.58 Å². The summed E-state index contributed by atoms with van der Waals surface area (Å²) in [7, 11) is 0. The van der Waals surface area contributed by atoms with Crippen LogP contribution in [0.2, 0.25) is 0 Å². The van der Waals surface area contributed by atoms with Crippen molar-refractivity contribution in [3.05, 3.63) is 36.3 Å². The van der Waals surface area contributed by atoms with Gasteiger partial charge in [0.05, 0.1) is 18.4 Å². The largest absolute Gasteiger partial charge is 0.473 e. The maximum Gasteiger partial charge on any atom is 0.334 e. The molecule has 0 spiro atoms. The average molecular weight is 390 g/mol. The highest BCUT2D eigenvalue weighted by molar-refractivity contribution is 5.90. The van der Waals surface area contributed by atoms with Crippen LogP contribution in [0.4, 0.5) is 0 Å². The Morgan fingerprint density at radius 1 is 1.36 bits per heavy atom. The molecular formula is C21H26O7. The van der Waals surface area contributed by atoms with Crippen LogP contribution >= 0.6 is 0 Å². The number of fused-ring (bicyclic) bond motifs is 2. The minimum Gasteiger partial charge on any atom is -0.473 e. The second-order valence-electron chi connectivity index (χ2n) is 7.98. The molecule has 0 aromatic rings. The second kappa shape index (κ2) is 7.81. The zero-order valence-corrected chi connectivity index (χ0v) is 16.4. The molecule has 7 nitrogen and oxygen atoms in total. The summed E-state index contributed by atoms with van der Waals surface area (Å²) in [5.74, 6) is -1.60. The Balaban J connectivity index is 1.90. The van der Waals surface area contributed by atoms with E-state index in [-0.39, 0.29) is 49.0 Å². The molecule has 7 heteroatoms. The Labute approximate surface area is 164 Å². The van der Waals surface area contributed by atoms with E-state index in [1.807, 2.05) is 6.08 Å². The number of carbonyl (C=O) groups excluding carboxylic acids is 3. The van der Waals surface area contributed by atoms with Gasteiger partial charge in [-0.15, -0.1) is 0 Å². The van der Waals surface area contributed by atoms with Crippen LogP contribution < -0.4 is 0 Å². The fraction of sp³-hybridized carbons (Fsp3) is 0.571. The molecule has 0 aromatic carbocycles. The maximum absolute atomic E-state index is 12.0. The summed E-state index contributed by atoms with van der Waals surface area (Å²) in [4.78, 5) is 35.5. The monoisotopic (exact) mass is 390 g/mol. The minimum atomic E-state index is -0.621. The fourth-order valence-electron chi connectivity index (χ4n) is 4.14. The third-order valence-electron chi connectivity index (χ3n) is 5.72. The number of rotatable bonds is 5. The van der Waals surface area contributed by atoms with Gasteiger partial charge in [-0.25, -0.2) is 4.79 Å². The first-order chi connectivity index (χ1) is 13.2. The van der Waals surface area contributed by atoms with Crippen molar-refractivity contribution in [2.24, 2.45) is 23.2 Å². The molecule has 152 valence electrons. The van der Waals surface area contributed by atoms with E-state index in [9.17, 15) is 14.4 Å². The van der Waals surface area contributed by atoms with E-state index in [0.29, 0.717) is 18.4 Å². The van der Waals surface area contributed by atoms with Crippen LogP contribution in [0, 0.1) is 23.2 Å². The van der Waals surface area contributed by atoms with E-state index >= 15 is 0 Å². The SMILES string of the molecule is C=C1C(=O)O[C@H]2C[C@]3(COC(C)=O)C=COC=C(COC(=O)C(C)C)[C@@H]3C[C@H]12. The summed E-state index contributed by atoms with van der Waals surface area (Å²) < 4.78 is 21.8. The van der Waals surface area contributed by atoms with E-state index in [4.69, 9.17) is 18.9 Å². The molecule has 1 saturated carbocycles. The third-order valence-corrected chi connectivity index (χ3v) is 5.72. The van der Waals surface area contributed by atoms with Crippen LogP contribution in [0.3, 0.4) is 0 Å². The lowest BCUT2D eigenvalue weighted by molar-refractivity contribution is -0.150. The van der Waals surface area contributed by atoms with Crippen LogP contribution in [-0.2, 0) is 33.3 Å². The van der Waals surface area contributed by atoms with Gasteiger partial charge in [-0.1, -0.05) is 20.4 Å². The average Bonchev–Trinajstić information content (AvgIpc) is 2.81. The highest BCUT2D eigenvalue weighted by Crippen LogP contribution is 2.53. The summed E-state index contributed by atoms with van der Waals surface area (Å²) in [6.07, 6.45) is 5.68. The van der Waals surface area contributed by atoms with Crippen molar-refractivity contribution in [1.29, 1.82) is 0 Å². The van der Waals surface area contributed by atoms with Crippen molar-refractivity contribution in [1.82, 2.24) is 0 Å². The minimum absolute atomic E-state index is 0.0733. The molecule has 2 fully saturated rings. The van der Waals surface area contributed by atoms with E-state index in [0.717, 1.165) is 5.57 Å². The van der Waals surface area contributed by atoms with Gasteiger partial charge in [0.25, 0.3) is 0 Å². The molecule has 1 saturated heterocycles. The molecule has 0 aromatic heterocycles. The zero-order valence-electron chi connectivity index (χ0n) is 16.4. The van der Waals surface area contributed by atoms with Gasteiger partial charge < -0.3 is 18.9 Å². The Morgan fingerprint density at radius 2 is 2.11 bits per heavy atom. The molecule has 0 radical (unpaired) electrons. The highest BCUT2D eigenvalue weighted by Gasteiger charge is 2.54. The van der Waals surface area contributed by atoms with Gasteiger partial charge in [0, 0.05) is 29.4 Å². The van der Waals surface area contributed by atoms with Crippen LogP contribution in [0.15, 0.2) is 36.3 Å². The molecule has 2 heterocycles. The van der Waals surface area contributed by atoms with Crippen molar-refractivity contribution >= 4 is 17.9 Å². The first kappa shape index (κ1) is 20.2. The molecule has 3 rings (SSSR count). The lowest BCUT2D eigenvalue weighted by atomic mass is 9.60. The summed E-state index contributed by atoms with van der Waals surface area (Å²) in [6.45, 7) is 8.97. The molecule has 4 atom stereocenters. The number of hydrogen-bond donors (Lipinski definition) is 0. The smallest absolute Gasteiger partial charge is 0.334 e. The number of carbonyl (C=O) groups is 3. The quantitative estimate of drug-likeness (QED) is 0.405. The highest BCUT2D eigenvalue weighted by atomic mass is 16.6.